The summed E-state index contributed by atoms with van der Waals surface area (Å²) in [4.78, 5) is 28.3. The number of piperidine rings is 1. The number of nitrogens with two attached hydrogens (primary N) is 1. The Balaban J connectivity index is 1.40. The normalized spacial score (nSPS) is 15.3. The number of anilines is 1. The molecule has 0 aliphatic carbocycles. The molecule has 0 saturated carbocycles. The second-order valence-electron chi connectivity index (χ2n) is 8.80. The third-order valence-corrected chi connectivity index (χ3v) is 6.26. The second kappa shape index (κ2) is 12.1. The van der Waals surface area contributed by atoms with Gasteiger partial charge in [0.25, 0.3) is 0 Å². The number of H-pyrrole nitrogens is 1. The number of aromatic nitrogens is 2. The van der Waals surface area contributed by atoms with Crippen LogP contribution in [0.4, 0.5) is 10.5 Å². The van der Waals surface area contributed by atoms with E-state index in [1.807, 2.05) is 67.0 Å². The van der Waals surface area contributed by atoms with Crippen LogP contribution in [0.25, 0.3) is 0 Å². The Morgan fingerprint density at radius 3 is 2.57 bits per heavy atom. The molecule has 3 aromatic rings. The molecule has 0 unspecified atom stereocenters. The van der Waals surface area contributed by atoms with Crippen LogP contribution in [-0.4, -0.2) is 46.2 Å². The van der Waals surface area contributed by atoms with E-state index in [1.165, 1.54) is 0 Å². The van der Waals surface area contributed by atoms with Gasteiger partial charge in [-0.25, -0.2) is 4.79 Å². The smallest absolute Gasteiger partial charge is 0.408 e. The number of amides is 2. The van der Waals surface area contributed by atoms with E-state index in [4.69, 9.17) is 10.5 Å². The van der Waals surface area contributed by atoms with E-state index in [0.717, 1.165) is 49.2 Å². The van der Waals surface area contributed by atoms with Gasteiger partial charge in [-0.1, -0.05) is 42.5 Å². The van der Waals surface area contributed by atoms with E-state index in [1.54, 1.807) is 0 Å². The average Bonchev–Trinajstić information content (AvgIpc) is 3.40. The Bertz CT molecular complexity index is 1080. The SMILES string of the molecule is NCc1cccc(NC(=O)[C@@H](NC(=O)OCc2ccccc2)C2CCN(Cc3cn[nH]c3)CC2)c1. The lowest BCUT2D eigenvalue weighted by atomic mass is 9.88. The molecule has 9 nitrogen and oxygen atoms in total. The van der Waals surface area contributed by atoms with Crippen molar-refractivity contribution in [2.75, 3.05) is 18.4 Å². The molecule has 0 bridgehead atoms. The third-order valence-electron chi connectivity index (χ3n) is 6.26. The summed E-state index contributed by atoms with van der Waals surface area (Å²) in [6, 6.07) is 16.2. The van der Waals surface area contributed by atoms with Gasteiger partial charge in [-0.3, -0.25) is 14.8 Å². The van der Waals surface area contributed by atoms with Crippen LogP contribution in [0.1, 0.15) is 29.5 Å². The predicted molar refractivity (Wildman–Crippen MR) is 133 cm³/mol. The zero-order valence-corrected chi connectivity index (χ0v) is 19.7. The summed E-state index contributed by atoms with van der Waals surface area (Å²) in [5, 5.41) is 12.6. The number of nitrogens with one attached hydrogen (secondary N) is 3. The maximum absolute atomic E-state index is 13.3. The molecule has 1 aliphatic rings. The van der Waals surface area contributed by atoms with Crippen LogP contribution in [-0.2, 0) is 29.2 Å². The van der Waals surface area contributed by atoms with Gasteiger partial charge in [0.1, 0.15) is 12.6 Å². The quantitative estimate of drug-likeness (QED) is 0.376. The van der Waals surface area contributed by atoms with Gasteiger partial charge in [-0.15, -0.1) is 0 Å². The summed E-state index contributed by atoms with van der Waals surface area (Å²) < 4.78 is 5.41. The maximum atomic E-state index is 13.3. The van der Waals surface area contributed by atoms with Crippen LogP contribution in [0.2, 0.25) is 0 Å². The van der Waals surface area contributed by atoms with Crippen LogP contribution >= 0.6 is 0 Å². The molecule has 2 heterocycles. The average molecular weight is 477 g/mol. The summed E-state index contributed by atoms with van der Waals surface area (Å²) in [5.74, 6) is -0.276. The predicted octanol–water partition coefficient (Wildman–Crippen LogP) is 3.01. The first-order valence-corrected chi connectivity index (χ1v) is 11.9. The van der Waals surface area contributed by atoms with Gasteiger partial charge in [0.15, 0.2) is 0 Å². The molecule has 1 aromatic heterocycles. The molecule has 5 N–H and O–H groups in total. The van der Waals surface area contributed by atoms with Crippen LogP contribution in [0.3, 0.4) is 0 Å². The van der Waals surface area contributed by atoms with E-state index in [0.29, 0.717) is 12.2 Å². The lowest BCUT2D eigenvalue weighted by Gasteiger charge is -2.35. The number of hydrogen-bond donors (Lipinski definition) is 4. The van der Waals surface area contributed by atoms with Crippen molar-refractivity contribution in [2.24, 2.45) is 11.7 Å². The van der Waals surface area contributed by atoms with Crippen LogP contribution in [0.5, 0.6) is 0 Å². The molecule has 9 heteroatoms. The molecular formula is C26H32N6O3. The standard InChI is InChI=1S/C26H32N6O3/c27-14-20-7-4-8-23(13-20)30-25(33)24(31-26(34)35-18-19-5-2-1-3-6-19)22-9-11-32(12-10-22)17-21-15-28-29-16-21/h1-8,13,15-16,22,24H,9-12,14,17-18,27H2,(H,28,29)(H,30,33)(H,31,34)/t24-/m0/s1. The Morgan fingerprint density at radius 1 is 1.09 bits per heavy atom. The first-order chi connectivity index (χ1) is 17.1. The minimum Gasteiger partial charge on any atom is -0.445 e. The number of rotatable bonds is 9. The van der Waals surface area contributed by atoms with Gasteiger partial charge < -0.3 is 21.1 Å². The molecule has 1 aliphatic heterocycles. The topological polar surface area (TPSA) is 125 Å². The fraction of sp³-hybridized carbons (Fsp3) is 0.346. The lowest BCUT2D eigenvalue weighted by molar-refractivity contribution is -0.119. The second-order valence-corrected chi connectivity index (χ2v) is 8.80. The Labute approximate surface area is 205 Å². The van der Waals surface area contributed by atoms with E-state index >= 15 is 0 Å². The zero-order chi connectivity index (χ0) is 24.5. The minimum atomic E-state index is -0.712. The zero-order valence-electron chi connectivity index (χ0n) is 19.7. The van der Waals surface area contributed by atoms with Crippen molar-refractivity contribution >= 4 is 17.7 Å². The number of benzene rings is 2. The molecular weight excluding hydrogens is 444 g/mol. The number of carbonyl (C=O) groups is 2. The summed E-state index contributed by atoms with van der Waals surface area (Å²) in [7, 11) is 0. The van der Waals surface area contributed by atoms with E-state index in [-0.39, 0.29) is 18.4 Å². The van der Waals surface area contributed by atoms with Gasteiger partial charge in [0, 0.05) is 30.5 Å². The van der Waals surface area contributed by atoms with Gasteiger partial charge in [-0.2, -0.15) is 5.10 Å². The Hall–Kier alpha value is -3.69. The largest absolute Gasteiger partial charge is 0.445 e. The molecule has 2 amide bonds. The van der Waals surface area contributed by atoms with Crippen LogP contribution in [0.15, 0.2) is 67.0 Å². The highest BCUT2D eigenvalue weighted by Gasteiger charge is 2.33. The summed E-state index contributed by atoms with van der Waals surface area (Å²) in [6.45, 7) is 2.97. The number of alkyl carbamates (subject to hydrolysis) is 1. The monoisotopic (exact) mass is 476 g/mol. The van der Waals surface area contributed by atoms with Crippen molar-refractivity contribution in [3.05, 3.63) is 83.7 Å². The van der Waals surface area contributed by atoms with Crippen molar-refractivity contribution in [1.82, 2.24) is 20.4 Å². The number of hydrogen-bond acceptors (Lipinski definition) is 6. The van der Waals surface area contributed by atoms with Crippen molar-refractivity contribution in [2.45, 2.75) is 38.6 Å². The van der Waals surface area contributed by atoms with Gasteiger partial charge >= 0.3 is 6.09 Å². The summed E-state index contributed by atoms with van der Waals surface area (Å²) in [5.41, 5.74) is 9.32. The fourth-order valence-electron chi connectivity index (χ4n) is 4.35. The molecule has 0 spiro atoms. The summed E-state index contributed by atoms with van der Waals surface area (Å²) in [6.07, 6.45) is 4.66. The highest BCUT2D eigenvalue weighted by atomic mass is 16.5. The molecule has 2 aromatic carbocycles. The first-order valence-electron chi connectivity index (χ1n) is 11.9. The summed E-state index contributed by atoms with van der Waals surface area (Å²) >= 11 is 0. The van der Waals surface area contributed by atoms with Gasteiger partial charge in [0.05, 0.1) is 6.20 Å². The lowest BCUT2D eigenvalue weighted by Crippen LogP contribution is -2.51. The number of nitrogens with zero attached hydrogens (tertiary/aromatic N) is 2. The number of carbonyl (C=O) groups excluding carboxylic acids is 2. The van der Waals surface area contributed by atoms with Crippen molar-refractivity contribution < 1.29 is 14.3 Å². The molecule has 4 rings (SSSR count). The Morgan fingerprint density at radius 2 is 1.86 bits per heavy atom. The van der Waals surface area contributed by atoms with E-state index in [2.05, 4.69) is 25.7 Å². The molecule has 1 atom stereocenters. The third kappa shape index (κ3) is 7.14. The first kappa shape index (κ1) is 24.4. The molecule has 0 radical (unpaired) electrons. The van der Waals surface area contributed by atoms with Crippen molar-refractivity contribution in [1.29, 1.82) is 0 Å². The molecule has 184 valence electrons. The highest BCUT2D eigenvalue weighted by molar-refractivity contribution is 5.96. The minimum absolute atomic E-state index is 0.0161. The van der Waals surface area contributed by atoms with Crippen LogP contribution < -0.4 is 16.4 Å². The number of likely N-dealkylation sites (tertiary alicyclic amines) is 1. The number of ether oxygens (including phenoxy) is 1. The van der Waals surface area contributed by atoms with Crippen LogP contribution in [0, 0.1) is 5.92 Å². The number of aromatic amines is 1. The van der Waals surface area contributed by atoms with E-state index in [9.17, 15) is 9.59 Å². The van der Waals surface area contributed by atoms with Gasteiger partial charge in [-0.05, 0) is 55.1 Å². The van der Waals surface area contributed by atoms with Crippen molar-refractivity contribution in [3.8, 4) is 0 Å². The molecule has 1 saturated heterocycles. The maximum Gasteiger partial charge on any atom is 0.408 e. The van der Waals surface area contributed by atoms with Crippen molar-refractivity contribution in [3.63, 3.8) is 0 Å². The molecule has 1 fully saturated rings. The van der Waals surface area contributed by atoms with E-state index < -0.39 is 12.1 Å². The highest BCUT2D eigenvalue weighted by Crippen LogP contribution is 2.24. The Kier molecular flexibility index (Phi) is 8.48. The van der Waals surface area contributed by atoms with Gasteiger partial charge in [0.2, 0.25) is 5.91 Å². The fourth-order valence-corrected chi connectivity index (χ4v) is 4.35. The molecule has 35 heavy (non-hydrogen) atoms.